The Labute approximate surface area is 343 Å². The molecule has 0 spiro atoms. The van der Waals surface area contributed by atoms with Crippen LogP contribution in [0.15, 0.2) is 40.8 Å². The Bertz CT molecular complexity index is 2680. The average Bonchev–Trinajstić information content (AvgIpc) is 4.02. The Kier molecular flexibility index (Phi) is 11.7. The van der Waals surface area contributed by atoms with Crippen LogP contribution in [0.2, 0.25) is 0 Å². The third kappa shape index (κ3) is 8.21. The Hall–Kier alpha value is -4.92. The van der Waals surface area contributed by atoms with E-state index in [0.717, 1.165) is 38.9 Å². The lowest BCUT2D eigenvalue weighted by atomic mass is 10.1. The van der Waals surface area contributed by atoms with Gasteiger partial charge < -0.3 is 66.7 Å². The number of ether oxygens (including phenoxy) is 3. The molecular weight excluding hydrogens is 880 g/mol. The van der Waals surface area contributed by atoms with E-state index in [4.69, 9.17) is 49.5 Å². The number of aromatic amines is 1. The average molecular weight is 918 g/mol. The van der Waals surface area contributed by atoms with Gasteiger partial charge in [0.15, 0.2) is 41.3 Å². The fourth-order valence-electron chi connectivity index (χ4n) is 7.05. The molecule has 2 unspecified atom stereocenters. The maximum absolute atomic E-state index is 13.4. The normalized spacial score (nSPS) is 32.1. The number of hydrogen-bond donors (Lipinski definition) is 11. The molecule has 3 fully saturated rings. The molecule has 62 heavy (non-hydrogen) atoms. The minimum absolute atomic E-state index is 0.0188. The molecule has 0 saturated carbocycles. The highest BCUT2D eigenvalue weighted by molar-refractivity contribution is 7.47. The third-order valence-corrected chi connectivity index (χ3v) is 11.9. The summed E-state index contributed by atoms with van der Waals surface area (Å²) in [6, 6.07) is 1.22. The summed E-state index contributed by atoms with van der Waals surface area (Å²) in [4.78, 5) is 72.0. The van der Waals surface area contributed by atoms with Gasteiger partial charge in [-0.25, -0.2) is 33.9 Å². The van der Waals surface area contributed by atoms with Crippen molar-refractivity contribution in [2.45, 2.75) is 73.6 Å². The molecule has 31 nitrogen and oxygen atoms in total. The number of fused-ring (bicyclic) bond motifs is 2. The van der Waals surface area contributed by atoms with Crippen molar-refractivity contribution in [2.24, 2.45) is 0 Å². The van der Waals surface area contributed by atoms with Crippen LogP contribution in [-0.4, -0.2) is 159 Å². The number of nitrogens with two attached hydrogens (primary N) is 3. The number of phosphoric acid groups is 2. The van der Waals surface area contributed by atoms with E-state index in [0.29, 0.717) is 0 Å². The first-order valence-electron chi connectivity index (χ1n) is 18.0. The summed E-state index contributed by atoms with van der Waals surface area (Å²) >= 11 is 0. The largest absolute Gasteiger partial charge is 0.472 e. The summed E-state index contributed by atoms with van der Waals surface area (Å²) in [7, 11) is -10.7. The predicted molar refractivity (Wildman–Crippen MR) is 199 cm³/mol. The van der Waals surface area contributed by atoms with Crippen LogP contribution in [0.1, 0.15) is 18.7 Å². The number of nitrogen functional groups attached to an aromatic ring is 3. The van der Waals surface area contributed by atoms with E-state index in [1.165, 1.54) is 6.07 Å². The van der Waals surface area contributed by atoms with Crippen LogP contribution < -0.4 is 28.5 Å². The highest BCUT2D eigenvalue weighted by Crippen LogP contribution is 2.52. The highest BCUT2D eigenvalue weighted by Gasteiger charge is 2.53. The number of aliphatic hydroxyl groups is 5. The van der Waals surface area contributed by atoms with Gasteiger partial charge >= 0.3 is 21.3 Å². The quantitative estimate of drug-likeness (QED) is 0.0465. The fraction of sp³-hybridized carbons (Fsp3) is 0.517. The monoisotopic (exact) mass is 917 g/mol. The summed E-state index contributed by atoms with van der Waals surface area (Å²) in [5, 5.41) is 53.9. The Balaban J connectivity index is 0.987. The van der Waals surface area contributed by atoms with E-state index in [1.54, 1.807) is 0 Å². The molecule has 5 aromatic heterocycles. The molecule has 14 N–H and O–H groups in total. The van der Waals surface area contributed by atoms with Crippen LogP contribution in [0.25, 0.3) is 22.3 Å². The minimum atomic E-state index is -5.36. The second-order valence-electron chi connectivity index (χ2n) is 13.9. The number of nitrogens with one attached hydrogen (secondary N) is 1. The lowest BCUT2D eigenvalue weighted by Gasteiger charge is -2.25. The second-order valence-corrected chi connectivity index (χ2v) is 16.7. The first-order valence-corrected chi connectivity index (χ1v) is 21.0. The highest BCUT2D eigenvalue weighted by atomic mass is 31.2. The molecule has 14 atom stereocenters. The van der Waals surface area contributed by atoms with Gasteiger partial charge in [0.05, 0.1) is 32.5 Å². The number of anilines is 3. The van der Waals surface area contributed by atoms with Crippen molar-refractivity contribution < 1.29 is 76.8 Å². The summed E-state index contributed by atoms with van der Waals surface area (Å²) in [5.41, 5.74) is 15.2. The first-order chi connectivity index (χ1) is 29.4. The molecule has 3 aliphatic heterocycles. The molecule has 8 rings (SSSR count). The van der Waals surface area contributed by atoms with Gasteiger partial charge in [-0.2, -0.15) is 9.97 Å². The Morgan fingerprint density at radius 2 is 1.27 bits per heavy atom. The number of imidazole rings is 2. The number of phosphoric ester groups is 2. The standard InChI is InChI=1S/C29H37N13O18P2/c30-12-1-2-40(29(49)37-12)25-16(45)15(44)10(57-25)4-54-61(50,51)60-20-11(58-26(18(20)47)41-7-35-13-21(31)33-6-34-22(13)41)5-55-62(52,53)59-19-9(3-43)56-27(17(19)46)42-8-36-14-23(42)38-28(32)39-24(14)48/h1-2,6-11,15-20,25-27,43-47H,3-5H2,(H,50,51)(H,52,53)(H2,30,37,49)(H2,31,33,34)(H3,32,38,39,48)/t9-,10-,11-,15-,16-,17-,18-,19-,20-,25-,26-,27-/m1/s1. The van der Waals surface area contributed by atoms with Crippen LogP contribution in [0.5, 0.6) is 0 Å². The molecular formula is C29H37N13O18P2. The van der Waals surface area contributed by atoms with Crippen LogP contribution >= 0.6 is 15.6 Å². The van der Waals surface area contributed by atoms with Crippen molar-refractivity contribution in [3.05, 3.63) is 52.1 Å². The summed E-state index contributed by atoms with van der Waals surface area (Å²) < 4.78 is 67.8. The smallest absolute Gasteiger partial charge is 0.394 e. The third-order valence-electron chi connectivity index (χ3n) is 9.96. The van der Waals surface area contributed by atoms with Crippen LogP contribution in [0.4, 0.5) is 17.6 Å². The molecule has 0 aromatic carbocycles. The number of nitrogens with zero attached hydrogens (tertiary/aromatic N) is 9. The van der Waals surface area contributed by atoms with E-state index in [1.807, 2.05) is 0 Å². The van der Waals surface area contributed by atoms with Gasteiger partial charge in [0.25, 0.3) is 5.56 Å². The molecule has 3 saturated heterocycles. The molecule has 336 valence electrons. The number of H-pyrrole nitrogens is 1. The van der Waals surface area contributed by atoms with E-state index < -0.39 is 120 Å². The van der Waals surface area contributed by atoms with E-state index in [9.17, 15) is 54.0 Å². The second kappa shape index (κ2) is 16.7. The molecule has 33 heteroatoms. The fourth-order valence-corrected chi connectivity index (χ4v) is 8.97. The van der Waals surface area contributed by atoms with Gasteiger partial charge in [-0.05, 0) is 6.07 Å². The van der Waals surface area contributed by atoms with Gasteiger partial charge in [-0.15, -0.1) is 0 Å². The van der Waals surface area contributed by atoms with Crippen molar-refractivity contribution in [1.29, 1.82) is 0 Å². The minimum Gasteiger partial charge on any atom is -0.394 e. The molecule has 5 aromatic rings. The Morgan fingerprint density at radius 3 is 1.92 bits per heavy atom. The number of aromatic nitrogens is 10. The van der Waals surface area contributed by atoms with E-state index in [-0.39, 0.29) is 39.9 Å². The lowest BCUT2D eigenvalue weighted by Crippen LogP contribution is -2.38. The maximum atomic E-state index is 13.4. The maximum Gasteiger partial charge on any atom is 0.472 e. The first kappa shape index (κ1) is 43.7. The van der Waals surface area contributed by atoms with Gasteiger partial charge in [0, 0.05) is 6.20 Å². The number of rotatable bonds is 14. The zero-order valence-electron chi connectivity index (χ0n) is 31.2. The summed E-state index contributed by atoms with van der Waals surface area (Å²) in [5.74, 6) is -0.491. The Morgan fingerprint density at radius 1 is 0.710 bits per heavy atom. The molecule has 0 bridgehead atoms. The van der Waals surface area contributed by atoms with E-state index in [2.05, 4.69) is 34.9 Å². The van der Waals surface area contributed by atoms with Crippen molar-refractivity contribution in [2.75, 3.05) is 37.0 Å². The SMILES string of the molecule is Nc1ccn([C@@H]2O[C@H](COP(=O)(O)O[C@H]3[C@@H](O)[C@H](n4cnc5c(N)ncnc54)O[C@@H]3COP(=O)(O)O[C@H]3[C@@H](O)[C@H](n4cnc5c(=O)[nH]c(N)nc54)O[C@@H]3CO)[C@@H](O)[C@H]2O)c(=O)n1. The zero-order valence-corrected chi connectivity index (χ0v) is 33.0. The lowest BCUT2D eigenvalue weighted by molar-refractivity contribution is -0.0631. The van der Waals surface area contributed by atoms with Crippen molar-refractivity contribution in [3.63, 3.8) is 0 Å². The van der Waals surface area contributed by atoms with Crippen LogP contribution in [-0.2, 0) is 41.4 Å². The van der Waals surface area contributed by atoms with Gasteiger partial charge in [0.1, 0.15) is 72.6 Å². The molecule has 0 aliphatic carbocycles. The molecule has 0 amide bonds. The van der Waals surface area contributed by atoms with E-state index >= 15 is 0 Å². The zero-order chi connectivity index (χ0) is 44.4. The number of hydrogen-bond acceptors (Lipinski definition) is 25. The molecule has 8 heterocycles. The number of aliphatic hydroxyl groups excluding tert-OH is 5. The van der Waals surface area contributed by atoms with Crippen LogP contribution in [0.3, 0.4) is 0 Å². The summed E-state index contributed by atoms with van der Waals surface area (Å²) in [6.07, 6.45) is -16.0. The predicted octanol–water partition coefficient (Wildman–Crippen LogP) is -4.90. The van der Waals surface area contributed by atoms with Gasteiger partial charge in [-0.1, -0.05) is 0 Å². The topological polar surface area (TPSA) is 460 Å². The van der Waals surface area contributed by atoms with Crippen LogP contribution in [0, 0.1) is 0 Å². The van der Waals surface area contributed by atoms with Crippen molar-refractivity contribution in [3.8, 4) is 0 Å². The molecule has 3 aliphatic rings. The van der Waals surface area contributed by atoms with Gasteiger partial charge in [0.2, 0.25) is 5.95 Å². The van der Waals surface area contributed by atoms with Crippen molar-refractivity contribution in [1.82, 2.24) is 48.6 Å². The molecule has 0 radical (unpaired) electrons. The van der Waals surface area contributed by atoms with Crippen molar-refractivity contribution >= 4 is 55.6 Å². The van der Waals surface area contributed by atoms with Gasteiger partial charge in [-0.3, -0.25) is 41.6 Å². The summed E-state index contributed by atoms with van der Waals surface area (Å²) in [6.45, 7) is -2.86.